The average Bonchev–Trinajstić information content (AvgIpc) is 2.74. The molecule has 0 radical (unpaired) electrons. The predicted octanol–water partition coefficient (Wildman–Crippen LogP) is 1.67. The summed E-state index contributed by atoms with van der Waals surface area (Å²) >= 11 is 1.94. The van der Waals surface area contributed by atoms with Crippen LogP contribution in [0.25, 0.3) is 0 Å². The summed E-state index contributed by atoms with van der Waals surface area (Å²) in [6.07, 6.45) is 4.51. The van der Waals surface area contributed by atoms with Crippen LogP contribution in [0.5, 0.6) is 0 Å². The molecule has 0 bridgehead atoms. The highest BCUT2D eigenvalue weighted by Gasteiger charge is 2.27. The molecule has 2 nitrogen and oxygen atoms in total. The van der Waals surface area contributed by atoms with Gasteiger partial charge < -0.3 is 9.84 Å². The molecule has 3 heteroatoms. The van der Waals surface area contributed by atoms with Gasteiger partial charge in [0.1, 0.15) is 0 Å². The standard InChI is InChI=1S/C10H18O2S/c11-9(10-2-1-5-13-10)6-8-3-4-12-7-8/h8-11H,1-7H2. The summed E-state index contributed by atoms with van der Waals surface area (Å²) < 4.78 is 5.30. The molecule has 0 aliphatic carbocycles. The molecule has 76 valence electrons. The minimum Gasteiger partial charge on any atom is -0.392 e. The fraction of sp³-hybridized carbons (Fsp3) is 1.00. The van der Waals surface area contributed by atoms with Crippen LogP contribution in [0.2, 0.25) is 0 Å². The number of thioether (sulfide) groups is 1. The van der Waals surface area contributed by atoms with Gasteiger partial charge in [0.25, 0.3) is 0 Å². The van der Waals surface area contributed by atoms with E-state index in [0.717, 1.165) is 26.1 Å². The number of aliphatic hydroxyl groups is 1. The zero-order chi connectivity index (χ0) is 9.10. The topological polar surface area (TPSA) is 29.5 Å². The van der Waals surface area contributed by atoms with Crippen molar-refractivity contribution in [2.24, 2.45) is 5.92 Å². The molecular formula is C10H18O2S. The van der Waals surface area contributed by atoms with Gasteiger partial charge in [-0.05, 0) is 37.4 Å². The SMILES string of the molecule is OC(CC1CCOC1)C1CCCS1. The van der Waals surface area contributed by atoms with Crippen LogP contribution in [0.1, 0.15) is 25.7 Å². The number of hydrogen-bond donors (Lipinski definition) is 1. The summed E-state index contributed by atoms with van der Waals surface area (Å²) in [5.74, 6) is 1.86. The van der Waals surface area contributed by atoms with E-state index in [0.29, 0.717) is 11.2 Å². The van der Waals surface area contributed by atoms with E-state index in [1.165, 1.54) is 18.6 Å². The Morgan fingerprint density at radius 3 is 3.00 bits per heavy atom. The Balaban J connectivity index is 1.73. The molecule has 2 aliphatic heterocycles. The van der Waals surface area contributed by atoms with E-state index in [2.05, 4.69) is 0 Å². The van der Waals surface area contributed by atoms with Gasteiger partial charge in [0.2, 0.25) is 0 Å². The van der Waals surface area contributed by atoms with Crippen molar-refractivity contribution in [3.05, 3.63) is 0 Å². The molecule has 1 N–H and O–H groups in total. The highest BCUT2D eigenvalue weighted by molar-refractivity contribution is 8.00. The van der Waals surface area contributed by atoms with Crippen molar-refractivity contribution in [1.82, 2.24) is 0 Å². The lowest BCUT2D eigenvalue weighted by molar-refractivity contribution is 0.125. The quantitative estimate of drug-likeness (QED) is 0.755. The number of ether oxygens (including phenoxy) is 1. The van der Waals surface area contributed by atoms with E-state index in [1.54, 1.807) is 0 Å². The molecule has 13 heavy (non-hydrogen) atoms. The predicted molar refractivity (Wildman–Crippen MR) is 55.0 cm³/mol. The lowest BCUT2D eigenvalue weighted by atomic mass is 9.98. The van der Waals surface area contributed by atoms with Gasteiger partial charge in [0.05, 0.1) is 6.10 Å². The van der Waals surface area contributed by atoms with Gasteiger partial charge in [-0.2, -0.15) is 11.8 Å². The van der Waals surface area contributed by atoms with Crippen LogP contribution in [0.3, 0.4) is 0 Å². The molecule has 0 spiro atoms. The molecule has 0 aromatic carbocycles. The largest absolute Gasteiger partial charge is 0.392 e. The van der Waals surface area contributed by atoms with Gasteiger partial charge in [-0.3, -0.25) is 0 Å². The third-order valence-corrected chi connectivity index (χ3v) is 4.50. The van der Waals surface area contributed by atoms with Crippen LogP contribution >= 0.6 is 11.8 Å². The Kier molecular flexibility index (Phi) is 3.52. The molecule has 3 atom stereocenters. The highest BCUT2D eigenvalue weighted by atomic mass is 32.2. The number of rotatable bonds is 3. The Hall–Kier alpha value is 0.270. The first kappa shape index (κ1) is 9.81. The summed E-state index contributed by atoms with van der Waals surface area (Å²) in [7, 11) is 0. The molecule has 2 saturated heterocycles. The highest BCUT2D eigenvalue weighted by Crippen LogP contribution is 2.32. The second-order valence-electron chi connectivity index (χ2n) is 4.08. The first-order valence-electron chi connectivity index (χ1n) is 5.23. The molecule has 0 saturated carbocycles. The maximum absolute atomic E-state index is 9.93. The van der Waals surface area contributed by atoms with Gasteiger partial charge in [-0.25, -0.2) is 0 Å². The van der Waals surface area contributed by atoms with Crippen LogP contribution < -0.4 is 0 Å². The minimum atomic E-state index is -0.0841. The number of hydrogen-bond acceptors (Lipinski definition) is 3. The van der Waals surface area contributed by atoms with Crippen molar-refractivity contribution in [1.29, 1.82) is 0 Å². The summed E-state index contributed by atoms with van der Waals surface area (Å²) in [5.41, 5.74) is 0. The molecule has 2 heterocycles. The first-order chi connectivity index (χ1) is 6.36. The van der Waals surface area contributed by atoms with Gasteiger partial charge in [-0.1, -0.05) is 0 Å². The zero-order valence-electron chi connectivity index (χ0n) is 7.95. The van der Waals surface area contributed by atoms with Crippen molar-refractivity contribution in [2.75, 3.05) is 19.0 Å². The van der Waals surface area contributed by atoms with Gasteiger partial charge in [-0.15, -0.1) is 0 Å². The molecule has 0 amide bonds. The van der Waals surface area contributed by atoms with Crippen LogP contribution in [0, 0.1) is 5.92 Å². The van der Waals surface area contributed by atoms with E-state index in [1.807, 2.05) is 11.8 Å². The Morgan fingerprint density at radius 2 is 2.38 bits per heavy atom. The van der Waals surface area contributed by atoms with E-state index < -0.39 is 0 Å². The van der Waals surface area contributed by atoms with Crippen molar-refractivity contribution in [2.45, 2.75) is 37.0 Å². The van der Waals surface area contributed by atoms with Crippen LogP contribution in [0.15, 0.2) is 0 Å². The third kappa shape index (κ3) is 2.61. The molecular weight excluding hydrogens is 184 g/mol. The average molecular weight is 202 g/mol. The van der Waals surface area contributed by atoms with Gasteiger partial charge >= 0.3 is 0 Å². The Bertz CT molecular complexity index is 151. The lowest BCUT2D eigenvalue weighted by Crippen LogP contribution is -2.24. The lowest BCUT2D eigenvalue weighted by Gasteiger charge is -2.19. The molecule has 3 unspecified atom stereocenters. The fourth-order valence-electron chi connectivity index (χ4n) is 2.17. The van der Waals surface area contributed by atoms with Crippen LogP contribution in [-0.4, -0.2) is 35.4 Å². The molecule has 0 aromatic heterocycles. The summed E-state index contributed by atoms with van der Waals surface area (Å²) in [4.78, 5) is 0. The van der Waals surface area contributed by atoms with Crippen LogP contribution in [-0.2, 0) is 4.74 Å². The summed E-state index contributed by atoms with van der Waals surface area (Å²) in [5, 5.41) is 10.4. The minimum absolute atomic E-state index is 0.0841. The molecule has 0 aromatic rings. The fourth-order valence-corrected chi connectivity index (χ4v) is 3.47. The molecule has 2 fully saturated rings. The monoisotopic (exact) mass is 202 g/mol. The Morgan fingerprint density at radius 1 is 1.46 bits per heavy atom. The van der Waals surface area contributed by atoms with Crippen LogP contribution in [0.4, 0.5) is 0 Å². The third-order valence-electron chi connectivity index (χ3n) is 2.99. The van der Waals surface area contributed by atoms with Gasteiger partial charge in [0, 0.05) is 18.5 Å². The summed E-state index contributed by atoms with van der Waals surface area (Å²) in [6.45, 7) is 1.77. The second-order valence-corrected chi connectivity index (χ2v) is 5.43. The van der Waals surface area contributed by atoms with E-state index in [-0.39, 0.29) is 6.10 Å². The van der Waals surface area contributed by atoms with Crippen molar-refractivity contribution >= 4 is 11.8 Å². The maximum atomic E-state index is 9.93. The van der Waals surface area contributed by atoms with E-state index in [9.17, 15) is 5.11 Å². The van der Waals surface area contributed by atoms with Gasteiger partial charge in [0.15, 0.2) is 0 Å². The maximum Gasteiger partial charge on any atom is 0.0662 e. The van der Waals surface area contributed by atoms with Crippen molar-refractivity contribution in [3.8, 4) is 0 Å². The second kappa shape index (κ2) is 4.67. The van der Waals surface area contributed by atoms with E-state index >= 15 is 0 Å². The van der Waals surface area contributed by atoms with Crippen molar-refractivity contribution < 1.29 is 9.84 Å². The first-order valence-corrected chi connectivity index (χ1v) is 6.28. The normalized spacial score (nSPS) is 36.7. The zero-order valence-corrected chi connectivity index (χ0v) is 8.76. The Labute approximate surface area is 84.0 Å². The van der Waals surface area contributed by atoms with E-state index in [4.69, 9.17) is 4.74 Å². The smallest absolute Gasteiger partial charge is 0.0662 e. The molecule has 2 rings (SSSR count). The van der Waals surface area contributed by atoms with Crippen molar-refractivity contribution in [3.63, 3.8) is 0 Å². The number of aliphatic hydroxyl groups excluding tert-OH is 1. The molecule has 2 aliphatic rings. The summed E-state index contributed by atoms with van der Waals surface area (Å²) in [6, 6.07) is 0.